The molecule has 4 N–H and O–H groups in total. The van der Waals surface area contributed by atoms with Crippen molar-refractivity contribution in [2.24, 2.45) is 5.73 Å². The number of nitrogens with one attached hydrogen (secondary N) is 2. The molecule has 2 aromatic rings. The van der Waals surface area contributed by atoms with Gasteiger partial charge in [-0.25, -0.2) is 9.59 Å². The number of carbonyl (C=O) groups excluding carboxylic acids is 5. The van der Waals surface area contributed by atoms with Crippen LogP contribution in [0.1, 0.15) is 96.4 Å². The maximum atomic E-state index is 14.6. The van der Waals surface area contributed by atoms with Crippen molar-refractivity contribution in [2.75, 3.05) is 0 Å². The van der Waals surface area contributed by atoms with Gasteiger partial charge in [-0.15, -0.1) is 0 Å². The van der Waals surface area contributed by atoms with Crippen LogP contribution in [0.5, 0.6) is 0 Å². The Morgan fingerprint density at radius 3 is 2.10 bits per heavy atom. The van der Waals surface area contributed by atoms with Gasteiger partial charge in [0.05, 0.1) is 0 Å². The SMILES string of the molecule is C=Cc1cccc(C(C(=O)NC(Cc2ccccc2)C(=O)OC(C)(C)C)N(C(=O)C(CCC(N)=O)NC(=O)OC(C)(C)C)C2CCC2)c1. The lowest BCUT2D eigenvalue weighted by atomic mass is 9.87. The molecule has 1 aliphatic rings. The Morgan fingerprint density at radius 1 is 0.917 bits per heavy atom. The molecule has 1 fully saturated rings. The van der Waals surface area contributed by atoms with Crippen LogP contribution in [0, 0.1) is 0 Å². The summed E-state index contributed by atoms with van der Waals surface area (Å²) >= 11 is 0. The average molecular weight is 663 g/mol. The largest absolute Gasteiger partial charge is 0.458 e. The van der Waals surface area contributed by atoms with Crippen LogP contribution in [0.2, 0.25) is 0 Å². The molecule has 0 spiro atoms. The molecule has 2 aromatic carbocycles. The average Bonchev–Trinajstić information content (AvgIpc) is 2.96. The van der Waals surface area contributed by atoms with Crippen LogP contribution in [0.3, 0.4) is 0 Å². The van der Waals surface area contributed by atoms with E-state index in [2.05, 4.69) is 17.2 Å². The maximum absolute atomic E-state index is 14.6. The molecule has 3 rings (SSSR count). The molecule has 0 heterocycles. The van der Waals surface area contributed by atoms with Crippen LogP contribution >= 0.6 is 0 Å². The smallest absolute Gasteiger partial charge is 0.408 e. The van der Waals surface area contributed by atoms with Gasteiger partial charge in [-0.05, 0) is 90.0 Å². The first-order valence-electron chi connectivity index (χ1n) is 16.4. The molecule has 11 heteroatoms. The molecule has 0 aromatic heterocycles. The van der Waals surface area contributed by atoms with E-state index in [4.69, 9.17) is 15.2 Å². The van der Waals surface area contributed by atoms with Crippen molar-refractivity contribution in [2.45, 2.75) is 115 Å². The van der Waals surface area contributed by atoms with Gasteiger partial charge in [-0.2, -0.15) is 0 Å². The summed E-state index contributed by atoms with van der Waals surface area (Å²) in [5.41, 5.74) is 5.79. The molecule has 0 bridgehead atoms. The van der Waals surface area contributed by atoms with Crippen molar-refractivity contribution >= 4 is 35.9 Å². The van der Waals surface area contributed by atoms with E-state index < -0.39 is 59.1 Å². The Labute approximate surface area is 283 Å². The number of amides is 4. The van der Waals surface area contributed by atoms with Crippen LogP contribution in [0.25, 0.3) is 6.08 Å². The zero-order valence-corrected chi connectivity index (χ0v) is 28.9. The van der Waals surface area contributed by atoms with E-state index in [0.717, 1.165) is 17.5 Å². The second-order valence-corrected chi connectivity index (χ2v) is 14.1. The summed E-state index contributed by atoms with van der Waals surface area (Å²) in [6.07, 6.45) is 2.71. The molecule has 11 nitrogen and oxygen atoms in total. The highest BCUT2D eigenvalue weighted by molar-refractivity contribution is 5.94. The minimum Gasteiger partial charge on any atom is -0.458 e. The highest BCUT2D eigenvalue weighted by atomic mass is 16.6. The van der Waals surface area contributed by atoms with Gasteiger partial charge in [0, 0.05) is 18.9 Å². The Balaban J connectivity index is 2.10. The van der Waals surface area contributed by atoms with Crippen molar-refractivity contribution < 1.29 is 33.4 Å². The number of rotatable bonds is 14. The van der Waals surface area contributed by atoms with E-state index in [1.165, 1.54) is 4.90 Å². The lowest BCUT2D eigenvalue weighted by molar-refractivity contribution is -0.159. The number of nitrogens with zero attached hydrogens (tertiary/aromatic N) is 1. The van der Waals surface area contributed by atoms with E-state index in [0.29, 0.717) is 18.4 Å². The highest BCUT2D eigenvalue weighted by Crippen LogP contribution is 2.35. The number of hydrogen-bond donors (Lipinski definition) is 3. The van der Waals surface area contributed by atoms with Gasteiger partial charge in [0.15, 0.2) is 0 Å². The molecule has 48 heavy (non-hydrogen) atoms. The van der Waals surface area contributed by atoms with E-state index in [-0.39, 0.29) is 25.3 Å². The number of esters is 1. The molecule has 3 atom stereocenters. The van der Waals surface area contributed by atoms with Gasteiger partial charge in [0.2, 0.25) is 17.7 Å². The fraction of sp³-hybridized carbons (Fsp3) is 0.486. The Hall–Kier alpha value is -4.67. The van der Waals surface area contributed by atoms with Gasteiger partial charge >= 0.3 is 12.1 Å². The molecule has 1 aliphatic carbocycles. The van der Waals surface area contributed by atoms with Crippen LogP contribution in [-0.2, 0) is 35.1 Å². The van der Waals surface area contributed by atoms with Crippen molar-refractivity contribution in [1.29, 1.82) is 0 Å². The summed E-state index contributed by atoms with van der Waals surface area (Å²) < 4.78 is 11.1. The minimum atomic E-state index is -1.23. The number of nitrogens with two attached hydrogens (primary N) is 1. The van der Waals surface area contributed by atoms with Crippen molar-refractivity contribution in [3.63, 3.8) is 0 Å². The van der Waals surface area contributed by atoms with Gasteiger partial charge in [0.1, 0.15) is 29.3 Å². The minimum absolute atomic E-state index is 0.105. The number of alkyl carbamates (subject to hydrolysis) is 1. The third kappa shape index (κ3) is 11.5. The summed E-state index contributed by atoms with van der Waals surface area (Å²) in [6, 6.07) is 12.4. The monoisotopic (exact) mass is 662 g/mol. The quantitative estimate of drug-likeness (QED) is 0.241. The van der Waals surface area contributed by atoms with Crippen LogP contribution in [0.4, 0.5) is 4.79 Å². The molecule has 3 unspecified atom stereocenters. The maximum Gasteiger partial charge on any atom is 0.408 e. The Bertz CT molecular complexity index is 1460. The summed E-state index contributed by atoms with van der Waals surface area (Å²) in [5, 5.41) is 5.52. The highest BCUT2D eigenvalue weighted by Gasteiger charge is 2.43. The van der Waals surface area contributed by atoms with Gasteiger partial charge in [-0.3, -0.25) is 14.4 Å². The number of hydrogen-bond acceptors (Lipinski definition) is 7. The first-order valence-corrected chi connectivity index (χ1v) is 16.4. The molecule has 0 radical (unpaired) electrons. The fourth-order valence-corrected chi connectivity index (χ4v) is 5.32. The third-order valence-electron chi connectivity index (χ3n) is 7.67. The number of benzene rings is 2. The van der Waals surface area contributed by atoms with E-state index in [1.54, 1.807) is 65.8 Å². The second kappa shape index (κ2) is 16.4. The van der Waals surface area contributed by atoms with Gasteiger partial charge in [0.25, 0.3) is 0 Å². The van der Waals surface area contributed by atoms with E-state index >= 15 is 0 Å². The summed E-state index contributed by atoms with van der Waals surface area (Å²) in [7, 11) is 0. The van der Waals surface area contributed by atoms with E-state index in [9.17, 15) is 24.0 Å². The number of ether oxygens (including phenoxy) is 2. The molecule has 4 amide bonds. The Morgan fingerprint density at radius 2 is 1.56 bits per heavy atom. The van der Waals surface area contributed by atoms with Crippen molar-refractivity contribution in [1.82, 2.24) is 15.5 Å². The standard InChI is InChI=1S/C37H50N4O7/c1-8-24-16-12-17-26(22-24)31(32(43)39-29(34(45)47-36(2,3)4)23-25-14-10-9-11-15-25)41(27-18-13-19-27)33(44)28(20-21-30(38)42)40-35(46)48-37(5,6)7/h8-12,14-17,22,27-29,31H,1,13,18-21,23H2,2-7H3,(H2,38,42)(H,39,43)(H,40,46). The second-order valence-electron chi connectivity index (χ2n) is 14.1. The first kappa shape index (κ1) is 37.8. The fourth-order valence-electron chi connectivity index (χ4n) is 5.32. The first-order chi connectivity index (χ1) is 22.5. The number of carbonyl (C=O) groups is 5. The topological polar surface area (TPSA) is 157 Å². The molecule has 260 valence electrons. The van der Waals surface area contributed by atoms with Gasteiger partial charge < -0.3 is 30.7 Å². The normalized spacial score (nSPS) is 15.1. The van der Waals surface area contributed by atoms with Crippen molar-refractivity contribution in [3.8, 4) is 0 Å². The molecule has 0 saturated heterocycles. The van der Waals surface area contributed by atoms with Crippen LogP contribution in [-0.4, -0.2) is 64.0 Å². The van der Waals surface area contributed by atoms with E-state index in [1.807, 2.05) is 36.4 Å². The predicted octanol–water partition coefficient (Wildman–Crippen LogP) is 4.98. The zero-order chi connectivity index (χ0) is 35.6. The van der Waals surface area contributed by atoms with Crippen molar-refractivity contribution in [3.05, 3.63) is 77.9 Å². The molecular formula is C37H50N4O7. The molecular weight excluding hydrogens is 612 g/mol. The number of primary amides is 1. The summed E-state index contributed by atoms with van der Waals surface area (Å²) in [6.45, 7) is 14.2. The lowest BCUT2D eigenvalue weighted by Gasteiger charge is -2.44. The Kier molecular flexibility index (Phi) is 12.9. The zero-order valence-electron chi connectivity index (χ0n) is 28.9. The van der Waals surface area contributed by atoms with Crippen LogP contribution < -0.4 is 16.4 Å². The molecule has 0 aliphatic heterocycles. The van der Waals surface area contributed by atoms with Gasteiger partial charge in [-0.1, -0.05) is 61.2 Å². The summed E-state index contributed by atoms with van der Waals surface area (Å²) in [5.74, 6) is -2.45. The van der Waals surface area contributed by atoms with Crippen LogP contribution in [0.15, 0.2) is 61.2 Å². The lowest BCUT2D eigenvalue weighted by Crippen LogP contribution is -2.58. The third-order valence-corrected chi connectivity index (χ3v) is 7.67. The molecule has 1 saturated carbocycles. The predicted molar refractivity (Wildman–Crippen MR) is 183 cm³/mol. The summed E-state index contributed by atoms with van der Waals surface area (Å²) in [4.78, 5) is 68.9.